The Labute approximate surface area is 162 Å². The molecule has 7 heteroatoms. The highest BCUT2D eigenvalue weighted by molar-refractivity contribution is 5.80. The van der Waals surface area contributed by atoms with Crippen molar-refractivity contribution in [3.05, 3.63) is 74.8 Å². The van der Waals surface area contributed by atoms with Gasteiger partial charge in [0.25, 0.3) is 0 Å². The van der Waals surface area contributed by atoms with Crippen LogP contribution in [0.1, 0.15) is 12.5 Å². The number of benzene rings is 2. The van der Waals surface area contributed by atoms with Crippen molar-refractivity contribution in [2.75, 3.05) is 13.2 Å². The lowest BCUT2D eigenvalue weighted by Gasteiger charge is -2.12. The summed E-state index contributed by atoms with van der Waals surface area (Å²) in [6, 6.07) is 14.7. The molecule has 0 saturated heterocycles. The van der Waals surface area contributed by atoms with Crippen LogP contribution < -0.4 is 21.2 Å². The molecule has 3 rings (SSSR count). The number of hydrogen-bond donors (Lipinski definition) is 1. The first-order valence-corrected chi connectivity index (χ1v) is 9.18. The van der Waals surface area contributed by atoms with Crippen molar-refractivity contribution in [3.63, 3.8) is 0 Å². The minimum absolute atomic E-state index is 0.196. The van der Waals surface area contributed by atoms with E-state index >= 15 is 0 Å². The van der Waals surface area contributed by atoms with Crippen molar-refractivity contribution >= 4 is 16.9 Å². The van der Waals surface area contributed by atoms with Gasteiger partial charge in [0, 0.05) is 13.6 Å². The molecule has 1 aromatic heterocycles. The second kappa shape index (κ2) is 8.56. The van der Waals surface area contributed by atoms with Crippen molar-refractivity contribution < 1.29 is 9.53 Å². The smallest absolute Gasteiger partial charge is 0.317 e. The molecule has 28 heavy (non-hydrogen) atoms. The fraction of sp³-hybridized carbons (Fsp3) is 0.286. The summed E-state index contributed by atoms with van der Waals surface area (Å²) in [5.41, 5.74) is 0.870. The van der Waals surface area contributed by atoms with Crippen LogP contribution in [0.3, 0.4) is 0 Å². The molecule has 146 valence electrons. The summed E-state index contributed by atoms with van der Waals surface area (Å²) >= 11 is 0. The average molecular weight is 381 g/mol. The lowest BCUT2D eigenvalue weighted by Crippen LogP contribution is -2.43. The maximum Gasteiger partial charge on any atom is 0.317 e. The summed E-state index contributed by atoms with van der Waals surface area (Å²) in [4.78, 5) is 36.8. The average Bonchev–Trinajstić information content (AvgIpc) is 2.71. The summed E-state index contributed by atoms with van der Waals surface area (Å²) in [6.45, 7) is 2.79. The Morgan fingerprint density at radius 2 is 1.68 bits per heavy atom. The zero-order chi connectivity index (χ0) is 20.1. The number of ether oxygens (including phenoxy) is 1. The van der Waals surface area contributed by atoms with E-state index in [1.807, 2.05) is 31.2 Å². The van der Waals surface area contributed by atoms with E-state index in [1.165, 1.54) is 9.13 Å². The van der Waals surface area contributed by atoms with Gasteiger partial charge in [-0.25, -0.2) is 0 Å². The molecule has 0 aliphatic carbocycles. The van der Waals surface area contributed by atoms with Crippen LogP contribution in [-0.4, -0.2) is 28.2 Å². The van der Waals surface area contributed by atoms with Crippen LogP contribution in [0.5, 0.6) is 5.75 Å². The first-order valence-electron chi connectivity index (χ1n) is 9.18. The molecule has 0 aliphatic heterocycles. The van der Waals surface area contributed by atoms with Gasteiger partial charge in [0.15, 0.2) is 0 Å². The van der Waals surface area contributed by atoms with Crippen LogP contribution in [0.15, 0.2) is 58.1 Å². The van der Waals surface area contributed by atoms with Crippen molar-refractivity contribution in [3.8, 4) is 5.75 Å². The van der Waals surface area contributed by atoms with Gasteiger partial charge in [-0.2, -0.15) is 0 Å². The van der Waals surface area contributed by atoms with Gasteiger partial charge < -0.3 is 14.6 Å². The molecule has 0 saturated carbocycles. The van der Waals surface area contributed by atoms with E-state index in [4.69, 9.17) is 4.74 Å². The zero-order valence-electron chi connectivity index (χ0n) is 16.0. The molecule has 0 fully saturated rings. The summed E-state index contributed by atoms with van der Waals surface area (Å²) in [6.07, 6.45) is 0.657. The van der Waals surface area contributed by atoms with E-state index < -0.39 is 11.1 Å². The molecule has 0 aliphatic rings. The van der Waals surface area contributed by atoms with Crippen molar-refractivity contribution in [2.45, 2.75) is 19.9 Å². The highest BCUT2D eigenvalue weighted by Crippen LogP contribution is 2.12. The Morgan fingerprint density at radius 3 is 2.36 bits per heavy atom. The minimum atomic E-state index is -0.706. The minimum Gasteiger partial charge on any atom is -0.494 e. The van der Waals surface area contributed by atoms with E-state index in [2.05, 4.69) is 5.32 Å². The Balaban J connectivity index is 1.67. The van der Waals surface area contributed by atoms with Gasteiger partial charge in [-0.3, -0.25) is 19.0 Å². The Hall–Kier alpha value is -3.35. The number of aryl methyl sites for hydroxylation is 1. The predicted octanol–water partition coefficient (Wildman–Crippen LogP) is 1.46. The van der Waals surface area contributed by atoms with Crippen LogP contribution in [0.4, 0.5) is 0 Å². The number of carbonyl (C=O) groups is 1. The Bertz CT molecular complexity index is 1100. The molecule has 0 spiro atoms. The molecular weight excluding hydrogens is 358 g/mol. The third kappa shape index (κ3) is 4.14. The quantitative estimate of drug-likeness (QED) is 0.628. The molecule has 0 bridgehead atoms. The monoisotopic (exact) mass is 381 g/mol. The molecule has 2 aromatic carbocycles. The lowest BCUT2D eigenvalue weighted by molar-refractivity contribution is -0.121. The summed E-state index contributed by atoms with van der Waals surface area (Å²) < 4.78 is 7.93. The SMILES string of the molecule is CCOc1ccc(CCNC(=O)Cn2c(=O)c(=O)n(C)c3ccccc32)cc1. The van der Waals surface area contributed by atoms with Gasteiger partial charge in [-0.15, -0.1) is 0 Å². The molecule has 1 heterocycles. The van der Waals surface area contributed by atoms with Crippen molar-refractivity contribution in [2.24, 2.45) is 7.05 Å². The number of para-hydroxylation sites is 2. The number of nitrogens with one attached hydrogen (secondary N) is 1. The summed E-state index contributed by atoms with van der Waals surface area (Å²) in [7, 11) is 1.55. The summed E-state index contributed by atoms with van der Waals surface area (Å²) in [5, 5.41) is 2.81. The number of rotatable bonds is 7. The van der Waals surface area contributed by atoms with E-state index in [0.29, 0.717) is 30.6 Å². The third-order valence-corrected chi connectivity index (χ3v) is 4.54. The number of hydrogen-bond acceptors (Lipinski definition) is 4. The maximum absolute atomic E-state index is 12.4. The molecule has 0 radical (unpaired) electrons. The van der Waals surface area contributed by atoms with E-state index in [1.54, 1.807) is 31.3 Å². The lowest BCUT2D eigenvalue weighted by atomic mass is 10.1. The number of carbonyl (C=O) groups excluding carboxylic acids is 1. The highest BCUT2D eigenvalue weighted by atomic mass is 16.5. The molecule has 3 aromatic rings. The van der Waals surface area contributed by atoms with Gasteiger partial charge in [-0.1, -0.05) is 24.3 Å². The van der Waals surface area contributed by atoms with Gasteiger partial charge in [0.1, 0.15) is 12.3 Å². The first-order chi connectivity index (χ1) is 13.5. The van der Waals surface area contributed by atoms with Crippen LogP contribution in [-0.2, 0) is 24.8 Å². The third-order valence-electron chi connectivity index (χ3n) is 4.54. The number of nitrogens with zero attached hydrogens (tertiary/aromatic N) is 2. The zero-order valence-corrected chi connectivity index (χ0v) is 16.0. The maximum atomic E-state index is 12.4. The van der Waals surface area contributed by atoms with Crippen LogP contribution in [0.2, 0.25) is 0 Å². The molecule has 0 atom stereocenters. The first kappa shape index (κ1) is 19.4. The topological polar surface area (TPSA) is 82.3 Å². The second-order valence-electron chi connectivity index (χ2n) is 6.42. The predicted molar refractivity (Wildman–Crippen MR) is 108 cm³/mol. The van der Waals surface area contributed by atoms with Crippen LogP contribution in [0, 0.1) is 0 Å². The Kier molecular flexibility index (Phi) is 5.93. The fourth-order valence-corrected chi connectivity index (χ4v) is 3.08. The van der Waals surface area contributed by atoms with E-state index in [9.17, 15) is 14.4 Å². The Morgan fingerprint density at radius 1 is 1.00 bits per heavy atom. The standard InChI is InChI=1S/C21H23N3O4/c1-3-28-16-10-8-15(9-11-16)12-13-22-19(25)14-24-18-7-5-4-6-17(18)23(2)20(26)21(24)27/h4-11H,3,12-14H2,1-2H3,(H,22,25). The van der Waals surface area contributed by atoms with E-state index in [0.717, 1.165) is 11.3 Å². The summed E-state index contributed by atoms with van der Waals surface area (Å²) in [5.74, 6) is 0.499. The van der Waals surface area contributed by atoms with Crippen LogP contribution >= 0.6 is 0 Å². The highest BCUT2D eigenvalue weighted by Gasteiger charge is 2.13. The normalized spacial score (nSPS) is 10.8. The molecular formula is C21H23N3O4. The fourth-order valence-electron chi connectivity index (χ4n) is 3.08. The van der Waals surface area contributed by atoms with Gasteiger partial charge in [-0.05, 0) is 43.2 Å². The van der Waals surface area contributed by atoms with Crippen molar-refractivity contribution in [1.82, 2.24) is 14.5 Å². The molecule has 7 nitrogen and oxygen atoms in total. The second-order valence-corrected chi connectivity index (χ2v) is 6.42. The number of aromatic nitrogens is 2. The number of fused-ring (bicyclic) bond motifs is 1. The molecule has 1 amide bonds. The van der Waals surface area contributed by atoms with Gasteiger partial charge in [0.2, 0.25) is 5.91 Å². The largest absolute Gasteiger partial charge is 0.494 e. The van der Waals surface area contributed by atoms with E-state index in [-0.39, 0.29) is 12.5 Å². The van der Waals surface area contributed by atoms with Crippen molar-refractivity contribution in [1.29, 1.82) is 0 Å². The van der Waals surface area contributed by atoms with Gasteiger partial charge >= 0.3 is 11.1 Å². The molecule has 1 N–H and O–H groups in total. The van der Waals surface area contributed by atoms with Crippen LogP contribution in [0.25, 0.3) is 11.0 Å². The van der Waals surface area contributed by atoms with Gasteiger partial charge in [0.05, 0.1) is 17.6 Å². The number of amides is 1. The molecule has 0 unspecified atom stereocenters.